The van der Waals surface area contributed by atoms with Crippen molar-refractivity contribution in [3.05, 3.63) is 28.8 Å². The Morgan fingerprint density at radius 3 is 2.58 bits per heavy atom. The average molecular weight is 301 g/mol. The Kier molecular flexibility index (Phi) is 6.37. The minimum absolute atomic E-state index is 0.650. The molecule has 1 aromatic rings. The molecule has 0 N–H and O–H groups in total. The summed E-state index contributed by atoms with van der Waals surface area (Å²) in [5, 5.41) is 0.650. The van der Waals surface area contributed by atoms with E-state index in [-0.39, 0.29) is 0 Å². The summed E-state index contributed by atoms with van der Waals surface area (Å²) in [6.45, 7) is 11.4. The van der Waals surface area contributed by atoms with Crippen molar-refractivity contribution in [2.75, 3.05) is 6.61 Å². The van der Waals surface area contributed by atoms with Crippen molar-refractivity contribution in [1.82, 2.24) is 0 Å². The first kappa shape index (κ1) is 16.5. The molecule has 0 aliphatic carbocycles. The van der Waals surface area contributed by atoms with Gasteiger partial charge in [-0.05, 0) is 56.5 Å². The molecule has 0 bridgehead atoms. The maximum Gasteiger partial charge on any atom is 0.392 e. The SMILES string of the molecule is Cc1ccc(Cl)c(O[Si](C)(C)OCCCC(C)C)c1. The van der Waals surface area contributed by atoms with Crippen LogP contribution in [0.3, 0.4) is 0 Å². The maximum atomic E-state index is 6.15. The Bertz CT molecular complexity index is 405. The summed E-state index contributed by atoms with van der Waals surface area (Å²) in [6.07, 6.45) is 2.27. The molecule has 2 nitrogen and oxygen atoms in total. The molecule has 0 aliphatic rings. The van der Waals surface area contributed by atoms with Crippen LogP contribution in [0.15, 0.2) is 18.2 Å². The normalized spacial score (nSPS) is 11.9. The molecular weight excluding hydrogens is 276 g/mol. The molecule has 0 atom stereocenters. The van der Waals surface area contributed by atoms with E-state index in [2.05, 4.69) is 26.9 Å². The van der Waals surface area contributed by atoms with Crippen molar-refractivity contribution in [3.63, 3.8) is 0 Å². The summed E-state index contributed by atoms with van der Waals surface area (Å²) in [7, 11) is -2.15. The Balaban J connectivity index is 2.51. The highest BCUT2D eigenvalue weighted by atomic mass is 35.5. The highest BCUT2D eigenvalue weighted by Crippen LogP contribution is 2.28. The Morgan fingerprint density at radius 1 is 1.26 bits per heavy atom. The molecule has 0 saturated carbocycles. The molecule has 0 aliphatic heterocycles. The third-order valence-electron chi connectivity index (χ3n) is 2.82. The fourth-order valence-corrected chi connectivity index (χ4v) is 3.41. The molecule has 0 fully saturated rings. The number of hydrogen-bond donors (Lipinski definition) is 0. The van der Waals surface area contributed by atoms with Crippen molar-refractivity contribution in [2.45, 2.75) is 46.7 Å². The zero-order chi connectivity index (χ0) is 14.5. The molecule has 0 heterocycles. The van der Waals surface area contributed by atoms with E-state index in [4.69, 9.17) is 20.5 Å². The van der Waals surface area contributed by atoms with Crippen molar-refractivity contribution < 1.29 is 8.85 Å². The van der Waals surface area contributed by atoms with Gasteiger partial charge in [-0.3, -0.25) is 0 Å². The molecule has 0 saturated heterocycles. The van der Waals surface area contributed by atoms with Gasteiger partial charge >= 0.3 is 8.56 Å². The fraction of sp³-hybridized carbons (Fsp3) is 0.600. The van der Waals surface area contributed by atoms with E-state index in [0.717, 1.165) is 30.3 Å². The van der Waals surface area contributed by atoms with Crippen LogP contribution < -0.4 is 4.43 Å². The Hall–Kier alpha value is -0.513. The largest absolute Gasteiger partial charge is 0.519 e. The van der Waals surface area contributed by atoms with E-state index in [1.807, 2.05) is 25.1 Å². The summed E-state index contributed by atoms with van der Waals surface area (Å²) in [5.74, 6) is 1.46. The third-order valence-corrected chi connectivity index (χ3v) is 4.74. The Labute approximate surface area is 123 Å². The van der Waals surface area contributed by atoms with E-state index in [1.54, 1.807) is 0 Å². The van der Waals surface area contributed by atoms with Gasteiger partial charge in [-0.15, -0.1) is 0 Å². The molecular formula is C15H25ClO2Si. The monoisotopic (exact) mass is 300 g/mol. The minimum Gasteiger partial charge on any atom is -0.519 e. The third kappa shape index (κ3) is 6.46. The van der Waals surface area contributed by atoms with Gasteiger partial charge in [0.15, 0.2) is 0 Å². The first-order valence-electron chi connectivity index (χ1n) is 6.89. The van der Waals surface area contributed by atoms with Crippen LogP contribution in [0.5, 0.6) is 5.75 Å². The van der Waals surface area contributed by atoms with Gasteiger partial charge in [0.2, 0.25) is 0 Å². The minimum atomic E-state index is -2.15. The lowest BCUT2D eigenvalue weighted by atomic mass is 10.1. The highest BCUT2D eigenvalue weighted by molar-refractivity contribution is 6.65. The number of halogens is 1. The zero-order valence-corrected chi connectivity index (χ0v) is 14.4. The number of aryl methyl sites for hydroxylation is 1. The number of rotatable bonds is 7. The quantitative estimate of drug-likeness (QED) is 0.510. The molecule has 1 aromatic carbocycles. The predicted molar refractivity (Wildman–Crippen MR) is 84.3 cm³/mol. The lowest BCUT2D eigenvalue weighted by molar-refractivity contribution is 0.237. The average Bonchev–Trinajstić information content (AvgIpc) is 2.29. The van der Waals surface area contributed by atoms with Crippen LogP contribution in [-0.2, 0) is 4.43 Å². The number of benzene rings is 1. The van der Waals surface area contributed by atoms with Crippen molar-refractivity contribution in [3.8, 4) is 5.75 Å². The zero-order valence-electron chi connectivity index (χ0n) is 12.6. The topological polar surface area (TPSA) is 18.5 Å². The van der Waals surface area contributed by atoms with Gasteiger partial charge in [-0.25, -0.2) is 0 Å². The summed E-state index contributed by atoms with van der Waals surface area (Å²) in [4.78, 5) is 0. The smallest absolute Gasteiger partial charge is 0.392 e. The van der Waals surface area contributed by atoms with Gasteiger partial charge in [0.05, 0.1) is 5.02 Å². The second kappa shape index (κ2) is 7.32. The van der Waals surface area contributed by atoms with Crippen LogP contribution in [0.2, 0.25) is 18.1 Å². The summed E-state index contributed by atoms with van der Waals surface area (Å²) >= 11 is 6.15. The van der Waals surface area contributed by atoms with E-state index in [0.29, 0.717) is 5.02 Å². The molecule has 0 spiro atoms. The molecule has 0 aromatic heterocycles. The summed E-state index contributed by atoms with van der Waals surface area (Å²) < 4.78 is 11.9. The van der Waals surface area contributed by atoms with Crippen molar-refractivity contribution >= 4 is 20.2 Å². The highest BCUT2D eigenvalue weighted by Gasteiger charge is 2.27. The van der Waals surface area contributed by atoms with Gasteiger partial charge < -0.3 is 8.85 Å². The molecule has 108 valence electrons. The first-order valence-corrected chi connectivity index (χ1v) is 10.1. The lowest BCUT2D eigenvalue weighted by Crippen LogP contribution is -2.38. The van der Waals surface area contributed by atoms with Gasteiger partial charge in [-0.1, -0.05) is 31.5 Å². The van der Waals surface area contributed by atoms with Crippen LogP contribution in [0.25, 0.3) is 0 Å². The number of hydrogen-bond acceptors (Lipinski definition) is 2. The second-order valence-electron chi connectivity index (χ2n) is 5.82. The second-order valence-corrected chi connectivity index (χ2v) is 9.52. The van der Waals surface area contributed by atoms with Crippen LogP contribution in [0.4, 0.5) is 0 Å². The fourth-order valence-electron chi connectivity index (χ4n) is 1.79. The maximum absolute atomic E-state index is 6.15. The molecule has 0 radical (unpaired) electrons. The van der Waals surface area contributed by atoms with E-state index >= 15 is 0 Å². The molecule has 19 heavy (non-hydrogen) atoms. The van der Waals surface area contributed by atoms with Gasteiger partial charge in [0, 0.05) is 6.61 Å². The van der Waals surface area contributed by atoms with Crippen molar-refractivity contribution in [2.24, 2.45) is 5.92 Å². The van der Waals surface area contributed by atoms with Crippen molar-refractivity contribution in [1.29, 1.82) is 0 Å². The van der Waals surface area contributed by atoms with Gasteiger partial charge in [0.1, 0.15) is 5.75 Å². The van der Waals surface area contributed by atoms with Gasteiger partial charge in [0.25, 0.3) is 0 Å². The predicted octanol–water partition coefficient (Wildman–Crippen LogP) is 5.18. The molecule has 0 amide bonds. The van der Waals surface area contributed by atoms with Gasteiger partial charge in [-0.2, -0.15) is 0 Å². The Morgan fingerprint density at radius 2 is 1.95 bits per heavy atom. The van der Waals surface area contributed by atoms with Crippen LogP contribution >= 0.6 is 11.6 Å². The first-order chi connectivity index (χ1) is 8.80. The van der Waals surface area contributed by atoms with E-state index < -0.39 is 8.56 Å². The van der Waals surface area contributed by atoms with E-state index in [9.17, 15) is 0 Å². The summed E-state index contributed by atoms with van der Waals surface area (Å²) in [5.41, 5.74) is 1.14. The van der Waals surface area contributed by atoms with Crippen LogP contribution in [0.1, 0.15) is 32.3 Å². The standard InChI is InChI=1S/C15H25ClO2Si/c1-12(2)7-6-10-17-19(4,5)18-15-11-13(3)8-9-14(15)16/h8-9,11-12H,6-7,10H2,1-5H3. The molecule has 0 unspecified atom stereocenters. The lowest BCUT2D eigenvalue weighted by Gasteiger charge is -2.25. The molecule has 1 rings (SSSR count). The molecule has 4 heteroatoms. The van der Waals surface area contributed by atoms with E-state index in [1.165, 1.54) is 6.42 Å². The van der Waals surface area contributed by atoms with Crippen LogP contribution in [-0.4, -0.2) is 15.2 Å². The van der Waals surface area contributed by atoms with Crippen LogP contribution in [0, 0.1) is 12.8 Å². The summed E-state index contributed by atoms with van der Waals surface area (Å²) in [6, 6.07) is 5.82.